The van der Waals surface area contributed by atoms with Gasteiger partial charge >= 0.3 is 0 Å². The number of piperazine rings is 1. The van der Waals surface area contributed by atoms with Gasteiger partial charge in [0.1, 0.15) is 0 Å². The number of amides is 1. The van der Waals surface area contributed by atoms with E-state index in [-0.39, 0.29) is 5.91 Å². The quantitative estimate of drug-likeness (QED) is 0.818. The maximum Gasteiger partial charge on any atom is 0.256 e. The minimum absolute atomic E-state index is 0.165. The average Bonchev–Trinajstić information content (AvgIpc) is 2.75. The van der Waals surface area contributed by atoms with Crippen molar-refractivity contribution < 1.29 is 14.3 Å². The van der Waals surface area contributed by atoms with E-state index in [1.54, 1.807) is 0 Å². The molecule has 0 N–H and O–H groups in total. The fourth-order valence-corrected chi connectivity index (χ4v) is 4.25. The number of hydrogen-bond acceptors (Lipinski definition) is 5. The first-order chi connectivity index (χ1) is 12.8. The summed E-state index contributed by atoms with van der Waals surface area (Å²) in [5.41, 5.74) is 1.88. The van der Waals surface area contributed by atoms with E-state index < -0.39 is 0 Å². The molecule has 3 saturated heterocycles. The van der Waals surface area contributed by atoms with Crippen LogP contribution in [0.1, 0.15) is 23.2 Å². The van der Waals surface area contributed by atoms with Gasteiger partial charge < -0.3 is 19.3 Å². The third-order valence-corrected chi connectivity index (χ3v) is 5.79. The van der Waals surface area contributed by atoms with Crippen molar-refractivity contribution in [1.29, 1.82) is 0 Å². The summed E-state index contributed by atoms with van der Waals surface area (Å²) in [6, 6.07) is 8.65. The van der Waals surface area contributed by atoms with E-state index in [4.69, 9.17) is 9.47 Å². The van der Waals surface area contributed by atoms with E-state index in [0.29, 0.717) is 6.04 Å². The van der Waals surface area contributed by atoms with Crippen LogP contribution in [0.4, 0.5) is 5.69 Å². The highest BCUT2D eigenvalue weighted by molar-refractivity contribution is 6.00. The zero-order chi connectivity index (χ0) is 17.8. The first-order valence-electron chi connectivity index (χ1n) is 9.86. The van der Waals surface area contributed by atoms with Crippen LogP contribution in [0, 0.1) is 0 Å². The van der Waals surface area contributed by atoms with E-state index in [0.717, 1.165) is 89.8 Å². The molecule has 3 aliphatic heterocycles. The van der Waals surface area contributed by atoms with Crippen LogP contribution in [0.25, 0.3) is 0 Å². The van der Waals surface area contributed by atoms with E-state index in [1.807, 2.05) is 23.1 Å². The van der Waals surface area contributed by atoms with Crippen molar-refractivity contribution in [3.63, 3.8) is 0 Å². The second kappa shape index (κ2) is 8.37. The highest BCUT2D eigenvalue weighted by Gasteiger charge is 2.29. The second-order valence-electron chi connectivity index (χ2n) is 7.29. The third kappa shape index (κ3) is 3.87. The van der Waals surface area contributed by atoms with Gasteiger partial charge in [0.2, 0.25) is 0 Å². The highest BCUT2D eigenvalue weighted by atomic mass is 16.5. The summed E-state index contributed by atoms with van der Waals surface area (Å²) in [7, 11) is 0. The Morgan fingerprint density at radius 1 is 0.846 bits per heavy atom. The number of carbonyl (C=O) groups is 1. The lowest BCUT2D eigenvalue weighted by Crippen LogP contribution is -2.53. The van der Waals surface area contributed by atoms with Crippen molar-refractivity contribution in [3.8, 4) is 0 Å². The van der Waals surface area contributed by atoms with Crippen LogP contribution in [0.3, 0.4) is 0 Å². The Balaban J connectivity index is 1.40. The van der Waals surface area contributed by atoms with Crippen LogP contribution >= 0.6 is 0 Å². The Hall–Kier alpha value is -1.63. The molecule has 0 unspecified atom stereocenters. The Labute approximate surface area is 155 Å². The van der Waals surface area contributed by atoms with E-state index in [1.165, 1.54) is 0 Å². The molecule has 3 heterocycles. The van der Waals surface area contributed by atoms with Crippen LogP contribution in [0.5, 0.6) is 0 Å². The van der Waals surface area contributed by atoms with Crippen molar-refractivity contribution in [1.82, 2.24) is 9.80 Å². The van der Waals surface area contributed by atoms with Crippen molar-refractivity contribution in [2.75, 3.05) is 70.6 Å². The highest BCUT2D eigenvalue weighted by Crippen LogP contribution is 2.24. The van der Waals surface area contributed by atoms with E-state index in [9.17, 15) is 4.79 Å². The monoisotopic (exact) mass is 359 g/mol. The number of ether oxygens (including phenoxy) is 2. The summed E-state index contributed by atoms with van der Waals surface area (Å²) in [5, 5.41) is 0. The van der Waals surface area contributed by atoms with E-state index in [2.05, 4.69) is 15.9 Å². The minimum atomic E-state index is 0.165. The molecule has 1 amide bonds. The predicted molar refractivity (Wildman–Crippen MR) is 101 cm³/mol. The number of benzene rings is 1. The zero-order valence-electron chi connectivity index (χ0n) is 15.4. The van der Waals surface area contributed by atoms with Gasteiger partial charge in [0, 0.05) is 64.2 Å². The molecule has 4 rings (SSSR count). The van der Waals surface area contributed by atoms with Gasteiger partial charge in [-0.25, -0.2) is 0 Å². The largest absolute Gasteiger partial charge is 0.381 e. The summed E-state index contributed by atoms with van der Waals surface area (Å²) in [5.74, 6) is 0.165. The standard InChI is InChI=1S/C20H29N3O3/c24-20(18-3-1-2-4-19(18)22-11-15-26-16-12-22)23-9-7-21(8-10-23)17-5-13-25-14-6-17/h1-4,17H,5-16H2. The lowest BCUT2D eigenvalue weighted by Gasteiger charge is -2.41. The van der Waals surface area contributed by atoms with Gasteiger partial charge in [-0.2, -0.15) is 0 Å². The van der Waals surface area contributed by atoms with Crippen molar-refractivity contribution >= 4 is 11.6 Å². The van der Waals surface area contributed by atoms with Crippen LogP contribution in [-0.2, 0) is 9.47 Å². The average molecular weight is 359 g/mol. The van der Waals surface area contributed by atoms with Gasteiger partial charge in [-0.05, 0) is 25.0 Å². The molecule has 6 nitrogen and oxygen atoms in total. The molecule has 142 valence electrons. The lowest BCUT2D eigenvalue weighted by atomic mass is 10.1. The number of anilines is 1. The van der Waals surface area contributed by atoms with Crippen LogP contribution in [0.15, 0.2) is 24.3 Å². The lowest BCUT2D eigenvalue weighted by molar-refractivity contribution is 0.0137. The third-order valence-electron chi connectivity index (χ3n) is 5.79. The summed E-state index contributed by atoms with van der Waals surface area (Å²) < 4.78 is 10.9. The molecule has 0 aromatic heterocycles. The fourth-order valence-electron chi connectivity index (χ4n) is 4.25. The van der Waals surface area contributed by atoms with Crippen molar-refractivity contribution in [2.45, 2.75) is 18.9 Å². The normalized spacial score (nSPS) is 23.2. The van der Waals surface area contributed by atoms with Gasteiger partial charge in [-0.3, -0.25) is 9.69 Å². The van der Waals surface area contributed by atoms with Gasteiger partial charge in [-0.1, -0.05) is 12.1 Å². The first-order valence-corrected chi connectivity index (χ1v) is 9.86. The number of morpholine rings is 1. The number of rotatable bonds is 3. The number of nitrogens with zero attached hydrogens (tertiary/aromatic N) is 3. The van der Waals surface area contributed by atoms with Crippen LogP contribution < -0.4 is 4.90 Å². The van der Waals surface area contributed by atoms with Gasteiger partial charge in [0.25, 0.3) is 5.91 Å². The maximum absolute atomic E-state index is 13.2. The smallest absolute Gasteiger partial charge is 0.256 e. The molecule has 1 aromatic carbocycles. The molecule has 3 aliphatic rings. The van der Waals surface area contributed by atoms with Crippen LogP contribution in [0.2, 0.25) is 0 Å². The Morgan fingerprint density at radius 3 is 2.23 bits per heavy atom. The molecular formula is C20H29N3O3. The van der Waals surface area contributed by atoms with E-state index >= 15 is 0 Å². The Kier molecular flexibility index (Phi) is 5.72. The maximum atomic E-state index is 13.2. The number of hydrogen-bond donors (Lipinski definition) is 0. The molecule has 0 spiro atoms. The molecule has 3 fully saturated rings. The van der Waals surface area contributed by atoms with Gasteiger partial charge in [0.05, 0.1) is 18.8 Å². The van der Waals surface area contributed by atoms with Gasteiger partial charge in [-0.15, -0.1) is 0 Å². The summed E-state index contributed by atoms with van der Waals surface area (Å²) in [6.45, 7) is 8.46. The molecule has 0 saturated carbocycles. The molecule has 0 aliphatic carbocycles. The summed E-state index contributed by atoms with van der Waals surface area (Å²) >= 11 is 0. The summed E-state index contributed by atoms with van der Waals surface area (Å²) in [6.07, 6.45) is 2.24. The van der Waals surface area contributed by atoms with Gasteiger partial charge in [0.15, 0.2) is 0 Å². The summed E-state index contributed by atoms with van der Waals surface area (Å²) in [4.78, 5) is 20.0. The predicted octanol–water partition coefficient (Wildman–Crippen LogP) is 1.46. The molecular weight excluding hydrogens is 330 g/mol. The Morgan fingerprint density at radius 2 is 1.50 bits per heavy atom. The topological polar surface area (TPSA) is 45.2 Å². The molecule has 26 heavy (non-hydrogen) atoms. The Bertz CT molecular complexity index is 604. The minimum Gasteiger partial charge on any atom is -0.381 e. The number of para-hydroxylation sites is 1. The molecule has 0 radical (unpaired) electrons. The van der Waals surface area contributed by atoms with Crippen molar-refractivity contribution in [2.24, 2.45) is 0 Å². The molecule has 6 heteroatoms. The first kappa shape index (κ1) is 17.8. The molecule has 0 bridgehead atoms. The van der Waals surface area contributed by atoms with Crippen LogP contribution in [-0.4, -0.2) is 87.4 Å². The number of carbonyl (C=O) groups excluding carboxylic acids is 1. The fraction of sp³-hybridized carbons (Fsp3) is 0.650. The molecule has 1 aromatic rings. The SMILES string of the molecule is O=C(c1ccccc1N1CCOCC1)N1CCN(C2CCOCC2)CC1. The second-order valence-corrected chi connectivity index (χ2v) is 7.29. The zero-order valence-corrected chi connectivity index (χ0v) is 15.4. The van der Waals surface area contributed by atoms with Crippen molar-refractivity contribution in [3.05, 3.63) is 29.8 Å². The molecule has 0 atom stereocenters.